The van der Waals surface area contributed by atoms with E-state index >= 15 is 4.79 Å². The fraction of sp³-hybridized carbons (Fsp3) is 0.574. The third-order valence-corrected chi connectivity index (χ3v) is 16.0. The van der Waals surface area contributed by atoms with Crippen molar-refractivity contribution in [1.82, 2.24) is 19.6 Å². The largest absolute Gasteiger partial charge is 0.497 e. The van der Waals surface area contributed by atoms with E-state index in [9.17, 15) is 36.0 Å². The third-order valence-electron chi connectivity index (χ3n) is 13.8. The van der Waals surface area contributed by atoms with Crippen molar-refractivity contribution in [2.75, 3.05) is 20.8 Å². The number of allylic oxidation sites excluding steroid dienone is 2. The third kappa shape index (κ3) is 9.82. The number of hydrogen-bond acceptors (Lipinski definition) is 12. The van der Waals surface area contributed by atoms with Crippen LogP contribution in [0.3, 0.4) is 0 Å². The van der Waals surface area contributed by atoms with E-state index in [1.807, 2.05) is 31.2 Å². The number of pyridine rings is 2. The van der Waals surface area contributed by atoms with Crippen molar-refractivity contribution in [2.24, 2.45) is 29.1 Å². The number of sulfonamides is 1. The fourth-order valence-corrected chi connectivity index (χ4v) is 10.4. The molecule has 1 aromatic carbocycles. The number of methoxy groups -OCH3 is 2. The van der Waals surface area contributed by atoms with Crippen LogP contribution in [0, 0.1) is 29.1 Å². The van der Waals surface area contributed by atoms with Gasteiger partial charge < -0.3 is 23.8 Å². The average molecular weight is 927 g/mol. The number of fused-ring (bicyclic) bond motifs is 3. The highest BCUT2D eigenvalue weighted by atomic mass is 32.2. The SMILES string of the molecule is COc1ccc2c(O[C@@H]3C[C@H]4C(=O)C[C@]5(C(=O)NS(=O)(=O)C6(C)CC6)C[C@H]5/C=C\CC[C@@H](C)C[C@@H](C)[C@H](CC(=O)OC(C)(C)C(F)(F)F)C(=O)N4C3)ncc(-c3ccc(OC)nc3)c2c1. The zero-order valence-electron chi connectivity index (χ0n) is 37.7. The van der Waals surface area contributed by atoms with Gasteiger partial charge in [0, 0.05) is 53.2 Å². The van der Waals surface area contributed by atoms with E-state index in [4.69, 9.17) is 18.9 Å². The summed E-state index contributed by atoms with van der Waals surface area (Å²) in [6, 6.07) is 7.65. The number of ether oxygens (including phenoxy) is 4. The molecule has 2 saturated carbocycles. The second kappa shape index (κ2) is 17.9. The number of carbonyl (C=O) groups excluding carboxylic acids is 4. The average Bonchev–Trinajstić information content (AvgIpc) is 4.13. The molecular weight excluding hydrogens is 870 g/mol. The number of alkyl halides is 3. The van der Waals surface area contributed by atoms with Crippen LogP contribution in [0.2, 0.25) is 0 Å². The quantitative estimate of drug-likeness (QED) is 0.148. The monoisotopic (exact) mass is 926 g/mol. The van der Waals surface area contributed by atoms with E-state index in [1.165, 1.54) is 19.1 Å². The smallest absolute Gasteiger partial charge is 0.427 e. The lowest BCUT2D eigenvalue weighted by molar-refractivity contribution is -0.257. The zero-order valence-corrected chi connectivity index (χ0v) is 38.5. The van der Waals surface area contributed by atoms with E-state index in [1.54, 1.807) is 44.4 Å². The van der Waals surface area contributed by atoms with Crippen molar-refractivity contribution in [1.29, 1.82) is 0 Å². The number of halogens is 3. The number of rotatable bonds is 11. The Morgan fingerprint density at radius 1 is 0.985 bits per heavy atom. The molecule has 352 valence electrons. The Bertz CT molecular complexity index is 2480. The van der Waals surface area contributed by atoms with Crippen LogP contribution in [-0.4, -0.2) is 96.3 Å². The summed E-state index contributed by atoms with van der Waals surface area (Å²) in [4.78, 5) is 67.7. The maximum absolute atomic E-state index is 15.0. The number of carbonyl (C=O) groups is 4. The maximum Gasteiger partial charge on any atom is 0.427 e. The van der Waals surface area contributed by atoms with Gasteiger partial charge in [0.25, 0.3) is 0 Å². The lowest BCUT2D eigenvalue weighted by Gasteiger charge is -2.33. The van der Waals surface area contributed by atoms with Gasteiger partial charge in [0.05, 0.1) is 49.3 Å². The molecule has 0 radical (unpaired) electrons. The number of Topliss-reactive ketones (excluding diaryl/α,β-unsaturated/α-hetero) is 1. The molecule has 0 spiro atoms. The minimum atomic E-state index is -4.88. The summed E-state index contributed by atoms with van der Waals surface area (Å²) in [5.41, 5.74) is -2.82. The van der Waals surface area contributed by atoms with Gasteiger partial charge in [-0.25, -0.2) is 18.4 Å². The predicted octanol–water partition coefficient (Wildman–Crippen LogP) is 7.53. The van der Waals surface area contributed by atoms with Crippen molar-refractivity contribution in [2.45, 2.75) is 121 Å². The summed E-state index contributed by atoms with van der Waals surface area (Å²) in [6.45, 7) is 6.60. The van der Waals surface area contributed by atoms with E-state index in [-0.39, 0.29) is 31.2 Å². The van der Waals surface area contributed by atoms with Gasteiger partial charge in [-0.1, -0.05) is 26.0 Å². The van der Waals surface area contributed by atoms with E-state index < -0.39 is 98.3 Å². The lowest BCUT2D eigenvalue weighted by Crippen LogP contribution is -2.48. The molecule has 1 N–H and O–H groups in total. The standard InChI is InChI=1S/C47H57F3N4O10S/c1-27-10-8-9-11-30-22-46(30,43(58)53-65(59,60)45(5)16-17-45)23-38(55)37-20-32(26-54(37)42(57)34(28(2)18-27)21-40(56)64-44(3,4)47(48,49)50)63-41-33-14-13-31(61-6)19-35(33)36(25-52-41)29-12-15-39(62-7)51-24-29/h9,11-15,19,24-25,27-28,30,32,34,37H,8,10,16-18,20-23,26H2,1-7H3,(H,53,58)/b11-9-/t27-,28-,30-,32-,34+,37+,46-/m1/s1. The van der Waals surface area contributed by atoms with Gasteiger partial charge in [0.2, 0.25) is 39.2 Å². The van der Waals surface area contributed by atoms with Gasteiger partial charge in [-0.05, 0) is 101 Å². The second-order valence-electron chi connectivity index (χ2n) is 19.1. The molecule has 0 unspecified atom stereocenters. The molecule has 2 aromatic heterocycles. The maximum atomic E-state index is 15.0. The molecule has 14 nitrogen and oxygen atoms in total. The topological polar surface area (TPSA) is 180 Å². The summed E-state index contributed by atoms with van der Waals surface area (Å²) in [6.07, 6.45) is 2.77. The van der Waals surface area contributed by atoms with E-state index in [2.05, 4.69) is 14.7 Å². The summed E-state index contributed by atoms with van der Waals surface area (Å²) >= 11 is 0. The van der Waals surface area contributed by atoms with Crippen molar-refractivity contribution < 1.29 is 59.7 Å². The summed E-state index contributed by atoms with van der Waals surface area (Å²) < 4.78 is 91.8. The number of nitrogens with one attached hydrogen (secondary N) is 1. The van der Waals surface area contributed by atoms with Gasteiger partial charge in [-0.15, -0.1) is 0 Å². The molecule has 7 rings (SSSR count). The van der Waals surface area contributed by atoms with E-state index in [0.29, 0.717) is 60.1 Å². The summed E-state index contributed by atoms with van der Waals surface area (Å²) in [5.74, 6) is -4.20. The number of esters is 1. The van der Waals surface area contributed by atoms with Crippen LogP contribution in [0.25, 0.3) is 21.9 Å². The van der Waals surface area contributed by atoms with Crippen LogP contribution >= 0.6 is 0 Å². The van der Waals surface area contributed by atoms with Crippen molar-refractivity contribution in [3.8, 4) is 28.6 Å². The number of hydrogen-bond donors (Lipinski definition) is 1. The van der Waals surface area contributed by atoms with Crippen LogP contribution in [0.15, 0.2) is 54.9 Å². The molecule has 4 aliphatic rings. The van der Waals surface area contributed by atoms with E-state index in [0.717, 1.165) is 19.4 Å². The first-order valence-corrected chi connectivity index (χ1v) is 23.5. The van der Waals surface area contributed by atoms with Gasteiger partial charge in [0.1, 0.15) is 11.9 Å². The molecule has 2 aliphatic carbocycles. The Kier molecular flexibility index (Phi) is 13.1. The molecule has 65 heavy (non-hydrogen) atoms. The molecule has 1 saturated heterocycles. The first-order chi connectivity index (χ1) is 30.5. The molecule has 3 aromatic rings. The number of ketones is 1. The summed E-state index contributed by atoms with van der Waals surface area (Å²) in [5, 5.41) is 1.27. The first kappa shape index (κ1) is 47.7. The highest BCUT2D eigenvalue weighted by Gasteiger charge is 2.63. The minimum absolute atomic E-state index is 0.00358. The number of amides is 2. The molecular formula is C47H57F3N4O10S. The number of nitrogens with zero attached hydrogens (tertiary/aromatic N) is 3. The van der Waals surface area contributed by atoms with Gasteiger partial charge in [0.15, 0.2) is 5.78 Å². The van der Waals surface area contributed by atoms with Crippen molar-refractivity contribution in [3.63, 3.8) is 0 Å². The highest BCUT2D eigenvalue weighted by molar-refractivity contribution is 7.91. The Morgan fingerprint density at radius 2 is 1.72 bits per heavy atom. The molecule has 2 aliphatic heterocycles. The minimum Gasteiger partial charge on any atom is -0.497 e. The van der Waals surface area contributed by atoms with Crippen LogP contribution in [0.4, 0.5) is 13.2 Å². The molecule has 2 amide bonds. The highest BCUT2D eigenvalue weighted by Crippen LogP contribution is 2.58. The normalized spacial score (nSPS) is 27.6. The lowest BCUT2D eigenvalue weighted by atomic mass is 9.82. The Labute approximate surface area is 377 Å². The van der Waals surface area contributed by atoms with Crippen molar-refractivity contribution >= 4 is 44.4 Å². The molecule has 7 atom stereocenters. The zero-order chi connectivity index (χ0) is 47.3. The van der Waals surface area contributed by atoms with Gasteiger partial charge >= 0.3 is 12.1 Å². The number of benzene rings is 1. The van der Waals surface area contributed by atoms with Gasteiger partial charge in [-0.3, -0.25) is 23.9 Å². The summed E-state index contributed by atoms with van der Waals surface area (Å²) in [7, 11) is -1.01. The van der Waals surface area contributed by atoms with Crippen LogP contribution in [-0.2, 0) is 33.9 Å². The fourth-order valence-electron chi connectivity index (χ4n) is 9.11. The van der Waals surface area contributed by atoms with Crippen LogP contribution in [0.5, 0.6) is 17.5 Å². The van der Waals surface area contributed by atoms with Crippen molar-refractivity contribution in [3.05, 3.63) is 54.9 Å². The molecule has 4 heterocycles. The second-order valence-corrected chi connectivity index (χ2v) is 21.3. The molecule has 0 bridgehead atoms. The first-order valence-electron chi connectivity index (χ1n) is 22.0. The Balaban J connectivity index is 1.25. The van der Waals surface area contributed by atoms with Crippen LogP contribution < -0.4 is 18.9 Å². The van der Waals surface area contributed by atoms with Crippen LogP contribution in [0.1, 0.15) is 92.4 Å². The number of aromatic nitrogens is 2. The van der Waals surface area contributed by atoms with Gasteiger partial charge in [-0.2, -0.15) is 13.2 Å². The molecule has 18 heteroatoms. The predicted molar refractivity (Wildman–Crippen MR) is 233 cm³/mol. The molecule has 3 fully saturated rings. The Morgan fingerprint density at radius 3 is 2.37 bits per heavy atom. The Hall–Kier alpha value is -5.26.